The molecule has 0 unspecified atom stereocenters. The molecule has 2 N–H and O–H groups in total. The van der Waals surface area contributed by atoms with Crippen LogP contribution in [0.5, 0.6) is 0 Å². The van der Waals surface area contributed by atoms with Gasteiger partial charge in [-0.3, -0.25) is 0 Å². The van der Waals surface area contributed by atoms with Crippen LogP contribution >= 0.6 is 0 Å². The van der Waals surface area contributed by atoms with Gasteiger partial charge in [-0.05, 0) is 12.8 Å². The van der Waals surface area contributed by atoms with Gasteiger partial charge in [0.25, 0.3) is 0 Å². The smallest absolute Gasteiger partial charge is 0.168 e. The molecule has 9 heavy (non-hydrogen) atoms. The molecule has 1 heterocycles. The zero-order chi connectivity index (χ0) is 6.10. The lowest BCUT2D eigenvalue weighted by Gasteiger charge is -1.93. The van der Waals surface area contributed by atoms with E-state index in [0.29, 0.717) is 6.04 Å². The predicted octanol–water partition coefficient (Wildman–Crippen LogP) is 0.379. The largest absolute Gasteiger partial charge is 0.365 e. The van der Waals surface area contributed by atoms with E-state index in [4.69, 9.17) is 0 Å². The summed E-state index contributed by atoms with van der Waals surface area (Å²) in [6.07, 6.45) is 4.23. The van der Waals surface area contributed by atoms with E-state index in [2.05, 4.69) is 20.7 Å². The first-order valence-corrected chi connectivity index (χ1v) is 3.07. The average Bonchev–Trinajstić information content (AvgIpc) is 2.46. The molecular weight excluding hydrogens is 116 g/mol. The highest BCUT2D eigenvalue weighted by molar-refractivity contribution is 5.32. The van der Waals surface area contributed by atoms with Crippen molar-refractivity contribution in [1.29, 1.82) is 0 Å². The van der Waals surface area contributed by atoms with Crippen molar-refractivity contribution in [2.24, 2.45) is 0 Å². The van der Waals surface area contributed by atoms with Crippen LogP contribution in [0.3, 0.4) is 0 Å². The summed E-state index contributed by atoms with van der Waals surface area (Å²) in [7, 11) is 0. The van der Waals surface area contributed by atoms with Crippen molar-refractivity contribution in [1.82, 2.24) is 15.4 Å². The Labute approximate surface area is 52.7 Å². The monoisotopic (exact) mass is 124 g/mol. The third kappa shape index (κ3) is 1.01. The van der Waals surface area contributed by atoms with Crippen molar-refractivity contribution in [2.75, 3.05) is 5.32 Å². The van der Waals surface area contributed by atoms with E-state index < -0.39 is 0 Å². The zero-order valence-electron chi connectivity index (χ0n) is 4.96. The average molecular weight is 124 g/mol. The maximum Gasteiger partial charge on any atom is 0.168 e. The summed E-state index contributed by atoms with van der Waals surface area (Å²) in [6, 6.07) is 0.662. The molecule has 4 heteroatoms. The van der Waals surface area contributed by atoms with Crippen LogP contribution in [0.15, 0.2) is 6.20 Å². The first-order valence-electron chi connectivity index (χ1n) is 3.07. The van der Waals surface area contributed by atoms with Gasteiger partial charge in [-0.1, -0.05) is 0 Å². The van der Waals surface area contributed by atoms with Crippen LogP contribution in [0.2, 0.25) is 0 Å². The number of aromatic amines is 1. The number of rotatable bonds is 2. The molecule has 48 valence electrons. The van der Waals surface area contributed by atoms with E-state index in [1.807, 2.05) is 0 Å². The number of aromatic nitrogens is 3. The summed E-state index contributed by atoms with van der Waals surface area (Å²) in [5, 5.41) is 13.2. The molecule has 1 fully saturated rings. The Morgan fingerprint density at radius 1 is 1.67 bits per heavy atom. The number of H-pyrrole nitrogens is 1. The lowest BCUT2D eigenvalue weighted by molar-refractivity contribution is 0.936. The Kier molecular flexibility index (Phi) is 0.913. The second kappa shape index (κ2) is 1.72. The number of nitrogens with zero attached hydrogens (tertiary/aromatic N) is 2. The lowest BCUT2D eigenvalue weighted by atomic mass is 10.6. The van der Waals surface area contributed by atoms with Gasteiger partial charge < -0.3 is 5.32 Å². The van der Waals surface area contributed by atoms with E-state index in [9.17, 15) is 0 Å². The molecule has 1 aromatic rings. The SMILES string of the molecule is c1n[nH]nc1NC1CC1. The molecule has 0 aromatic carbocycles. The van der Waals surface area contributed by atoms with Crippen molar-refractivity contribution in [2.45, 2.75) is 18.9 Å². The van der Waals surface area contributed by atoms with Crippen LogP contribution in [0.1, 0.15) is 12.8 Å². The highest BCUT2D eigenvalue weighted by Crippen LogP contribution is 2.22. The van der Waals surface area contributed by atoms with Gasteiger partial charge in [0.15, 0.2) is 5.82 Å². The Hall–Kier alpha value is -1.06. The molecule has 0 spiro atoms. The van der Waals surface area contributed by atoms with Gasteiger partial charge in [0.05, 0.1) is 6.20 Å². The third-order valence-electron chi connectivity index (χ3n) is 1.34. The predicted molar refractivity (Wildman–Crippen MR) is 33.0 cm³/mol. The second-order valence-corrected chi connectivity index (χ2v) is 2.27. The molecule has 4 nitrogen and oxygen atoms in total. The molecule has 1 aromatic heterocycles. The van der Waals surface area contributed by atoms with Crippen LogP contribution in [0, 0.1) is 0 Å². The topological polar surface area (TPSA) is 53.6 Å². The number of nitrogens with one attached hydrogen (secondary N) is 2. The van der Waals surface area contributed by atoms with Crippen molar-refractivity contribution in [3.63, 3.8) is 0 Å². The normalized spacial score (nSPS) is 17.8. The van der Waals surface area contributed by atoms with Crippen LogP contribution in [-0.4, -0.2) is 21.5 Å². The van der Waals surface area contributed by atoms with Crippen molar-refractivity contribution >= 4 is 5.82 Å². The van der Waals surface area contributed by atoms with E-state index in [-0.39, 0.29) is 0 Å². The van der Waals surface area contributed by atoms with Gasteiger partial charge in [-0.2, -0.15) is 10.3 Å². The van der Waals surface area contributed by atoms with E-state index in [0.717, 1.165) is 5.82 Å². The molecule has 1 saturated carbocycles. The fourth-order valence-corrected chi connectivity index (χ4v) is 0.708. The van der Waals surface area contributed by atoms with E-state index >= 15 is 0 Å². The fraction of sp³-hybridized carbons (Fsp3) is 0.600. The Bertz CT molecular complexity index is 177. The molecule has 0 saturated heterocycles. The van der Waals surface area contributed by atoms with Gasteiger partial charge in [0.2, 0.25) is 0 Å². The second-order valence-electron chi connectivity index (χ2n) is 2.27. The molecule has 0 atom stereocenters. The first-order chi connectivity index (χ1) is 4.45. The molecule has 0 radical (unpaired) electrons. The summed E-state index contributed by atoms with van der Waals surface area (Å²) in [4.78, 5) is 0. The minimum absolute atomic E-state index is 0.662. The Morgan fingerprint density at radius 2 is 2.56 bits per heavy atom. The highest BCUT2D eigenvalue weighted by atomic mass is 15.4. The maximum absolute atomic E-state index is 3.85. The van der Waals surface area contributed by atoms with Crippen LogP contribution < -0.4 is 5.32 Å². The molecular formula is C5H8N4. The van der Waals surface area contributed by atoms with Crippen molar-refractivity contribution in [3.05, 3.63) is 6.20 Å². The molecule has 0 amide bonds. The highest BCUT2D eigenvalue weighted by Gasteiger charge is 2.21. The van der Waals surface area contributed by atoms with Crippen LogP contribution in [-0.2, 0) is 0 Å². The minimum Gasteiger partial charge on any atom is -0.365 e. The quantitative estimate of drug-likeness (QED) is 0.599. The first kappa shape index (κ1) is 4.78. The van der Waals surface area contributed by atoms with Crippen molar-refractivity contribution < 1.29 is 0 Å². The maximum atomic E-state index is 3.85. The number of anilines is 1. The van der Waals surface area contributed by atoms with Gasteiger partial charge in [-0.25, -0.2) is 0 Å². The molecule has 1 aliphatic rings. The zero-order valence-corrected chi connectivity index (χ0v) is 4.96. The van der Waals surface area contributed by atoms with Crippen LogP contribution in [0.25, 0.3) is 0 Å². The lowest BCUT2D eigenvalue weighted by Crippen LogP contribution is -2.00. The van der Waals surface area contributed by atoms with Gasteiger partial charge >= 0.3 is 0 Å². The molecule has 0 bridgehead atoms. The summed E-state index contributed by atoms with van der Waals surface area (Å²) in [6.45, 7) is 0. The Balaban J connectivity index is 1.99. The summed E-state index contributed by atoms with van der Waals surface area (Å²) >= 11 is 0. The third-order valence-corrected chi connectivity index (χ3v) is 1.34. The summed E-state index contributed by atoms with van der Waals surface area (Å²) in [5.41, 5.74) is 0. The standard InChI is InChI=1S/C5H8N4/c1-2-4(1)7-5-3-6-9-8-5/h3-4H,1-2H2,(H2,6,7,8,9). The van der Waals surface area contributed by atoms with E-state index in [1.165, 1.54) is 12.8 Å². The van der Waals surface area contributed by atoms with Crippen molar-refractivity contribution in [3.8, 4) is 0 Å². The summed E-state index contributed by atoms with van der Waals surface area (Å²) in [5.74, 6) is 0.859. The van der Waals surface area contributed by atoms with Gasteiger partial charge in [0.1, 0.15) is 0 Å². The summed E-state index contributed by atoms with van der Waals surface area (Å²) < 4.78 is 0. The number of hydrogen-bond donors (Lipinski definition) is 2. The van der Waals surface area contributed by atoms with Gasteiger partial charge in [-0.15, -0.1) is 5.10 Å². The van der Waals surface area contributed by atoms with Crippen LogP contribution in [0.4, 0.5) is 5.82 Å². The molecule has 1 aliphatic carbocycles. The number of hydrogen-bond acceptors (Lipinski definition) is 3. The molecule has 0 aliphatic heterocycles. The van der Waals surface area contributed by atoms with E-state index in [1.54, 1.807) is 6.20 Å². The Morgan fingerprint density at radius 3 is 3.11 bits per heavy atom. The van der Waals surface area contributed by atoms with Gasteiger partial charge in [0, 0.05) is 6.04 Å². The fourth-order valence-electron chi connectivity index (χ4n) is 0.708. The molecule has 2 rings (SSSR count). The minimum atomic E-state index is 0.662.